The number of aromatic nitrogens is 3. The van der Waals surface area contributed by atoms with Crippen molar-refractivity contribution in [2.75, 3.05) is 0 Å². The minimum Gasteiger partial charge on any atom is -0.254 e. The molecule has 0 radical (unpaired) electrons. The number of hydrogen-bond acceptors (Lipinski definition) is 4. The lowest BCUT2D eigenvalue weighted by molar-refractivity contribution is 1.27. The third-order valence-electron chi connectivity index (χ3n) is 2.39. The van der Waals surface area contributed by atoms with E-state index in [0.29, 0.717) is 10.8 Å². The molecule has 0 fully saturated rings. The van der Waals surface area contributed by atoms with Crippen molar-refractivity contribution in [3.8, 4) is 22.1 Å². The van der Waals surface area contributed by atoms with Crippen LogP contribution < -0.4 is 0 Å². The van der Waals surface area contributed by atoms with E-state index in [0.717, 1.165) is 16.3 Å². The molecule has 0 aliphatic carbocycles. The van der Waals surface area contributed by atoms with Crippen LogP contribution in [0.15, 0.2) is 48.7 Å². The number of benzene rings is 1. The van der Waals surface area contributed by atoms with E-state index < -0.39 is 0 Å². The fourth-order valence-electron chi connectivity index (χ4n) is 1.56. The average molecular weight is 274 g/mol. The Labute approximate surface area is 113 Å². The van der Waals surface area contributed by atoms with Gasteiger partial charge in [-0.1, -0.05) is 29.8 Å². The molecule has 3 aromatic rings. The van der Waals surface area contributed by atoms with E-state index >= 15 is 0 Å². The van der Waals surface area contributed by atoms with Crippen molar-refractivity contribution in [3.05, 3.63) is 53.7 Å². The molecule has 3 nitrogen and oxygen atoms in total. The summed E-state index contributed by atoms with van der Waals surface area (Å²) in [6.07, 6.45) is 1.75. The Kier molecular flexibility index (Phi) is 3.04. The highest BCUT2D eigenvalue weighted by molar-refractivity contribution is 7.09. The average Bonchev–Trinajstić information content (AvgIpc) is 2.89. The summed E-state index contributed by atoms with van der Waals surface area (Å²) in [5.74, 6) is 0.683. The van der Waals surface area contributed by atoms with Gasteiger partial charge in [-0.05, 0) is 35.8 Å². The van der Waals surface area contributed by atoms with E-state index in [-0.39, 0.29) is 0 Å². The maximum absolute atomic E-state index is 5.95. The van der Waals surface area contributed by atoms with Crippen molar-refractivity contribution in [1.82, 2.24) is 14.3 Å². The second-order valence-electron chi connectivity index (χ2n) is 3.65. The van der Waals surface area contributed by atoms with E-state index in [1.807, 2.05) is 42.5 Å². The number of pyridine rings is 1. The SMILES string of the molecule is Clc1cccc(-c2nsc(-c3ccccn3)n2)c1. The van der Waals surface area contributed by atoms with Crippen LogP contribution >= 0.6 is 23.1 Å². The van der Waals surface area contributed by atoms with Gasteiger partial charge < -0.3 is 0 Å². The molecular formula is C13H8ClN3S. The van der Waals surface area contributed by atoms with Gasteiger partial charge in [-0.3, -0.25) is 4.98 Å². The summed E-state index contributed by atoms with van der Waals surface area (Å²) in [7, 11) is 0. The number of rotatable bonds is 2. The molecule has 1 aromatic carbocycles. The van der Waals surface area contributed by atoms with Gasteiger partial charge in [0.1, 0.15) is 5.69 Å². The summed E-state index contributed by atoms with van der Waals surface area (Å²) in [5, 5.41) is 1.49. The van der Waals surface area contributed by atoms with Gasteiger partial charge in [0.2, 0.25) is 0 Å². The van der Waals surface area contributed by atoms with Crippen LogP contribution in [0.25, 0.3) is 22.1 Å². The zero-order chi connectivity index (χ0) is 12.4. The van der Waals surface area contributed by atoms with Gasteiger partial charge in [0.05, 0.1) is 0 Å². The molecule has 0 atom stereocenters. The van der Waals surface area contributed by atoms with Crippen molar-refractivity contribution < 1.29 is 0 Å². The van der Waals surface area contributed by atoms with Crippen molar-refractivity contribution in [2.24, 2.45) is 0 Å². The van der Waals surface area contributed by atoms with Crippen LogP contribution in [0.4, 0.5) is 0 Å². The zero-order valence-electron chi connectivity index (χ0n) is 9.25. The Hall–Kier alpha value is -1.78. The molecule has 88 valence electrons. The lowest BCUT2D eigenvalue weighted by atomic mass is 10.2. The summed E-state index contributed by atoms with van der Waals surface area (Å²) in [4.78, 5) is 8.73. The van der Waals surface area contributed by atoms with Crippen LogP contribution in [0.3, 0.4) is 0 Å². The van der Waals surface area contributed by atoms with Gasteiger partial charge in [-0.2, -0.15) is 4.37 Å². The molecule has 3 rings (SSSR count). The first kappa shape index (κ1) is 11.3. The molecule has 18 heavy (non-hydrogen) atoms. The van der Waals surface area contributed by atoms with Crippen LogP contribution in [-0.2, 0) is 0 Å². The Morgan fingerprint density at radius 3 is 2.78 bits per heavy atom. The topological polar surface area (TPSA) is 38.7 Å². The maximum Gasteiger partial charge on any atom is 0.173 e. The minimum atomic E-state index is 0.682. The Morgan fingerprint density at radius 2 is 2.00 bits per heavy atom. The van der Waals surface area contributed by atoms with Gasteiger partial charge in [0, 0.05) is 16.8 Å². The van der Waals surface area contributed by atoms with E-state index in [1.165, 1.54) is 11.5 Å². The maximum atomic E-state index is 5.95. The third kappa shape index (κ3) is 2.25. The van der Waals surface area contributed by atoms with Gasteiger partial charge >= 0.3 is 0 Å². The van der Waals surface area contributed by atoms with Crippen LogP contribution in [0.5, 0.6) is 0 Å². The summed E-state index contributed by atoms with van der Waals surface area (Å²) in [6, 6.07) is 13.2. The number of hydrogen-bond donors (Lipinski definition) is 0. The third-order valence-corrected chi connectivity index (χ3v) is 3.37. The fourth-order valence-corrected chi connectivity index (χ4v) is 2.41. The highest BCUT2D eigenvalue weighted by Gasteiger charge is 2.09. The normalized spacial score (nSPS) is 10.5. The summed E-state index contributed by atoms with van der Waals surface area (Å²) in [6.45, 7) is 0. The first-order chi connectivity index (χ1) is 8.83. The number of halogens is 1. The zero-order valence-corrected chi connectivity index (χ0v) is 10.8. The van der Waals surface area contributed by atoms with Crippen LogP contribution in [0.2, 0.25) is 5.02 Å². The molecule has 2 aromatic heterocycles. The van der Waals surface area contributed by atoms with Crippen LogP contribution in [-0.4, -0.2) is 14.3 Å². The lowest BCUT2D eigenvalue weighted by Gasteiger charge is -1.95. The molecule has 0 saturated carbocycles. The quantitative estimate of drug-likeness (QED) is 0.710. The predicted molar refractivity (Wildman–Crippen MR) is 73.6 cm³/mol. The van der Waals surface area contributed by atoms with E-state index in [2.05, 4.69) is 14.3 Å². The molecule has 0 bridgehead atoms. The second kappa shape index (κ2) is 4.84. The standard InChI is InChI=1S/C13H8ClN3S/c14-10-5-3-4-9(8-10)12-16-13(18-17-12)11-6-1-2-7-15-11/h1-8H. The highest BCUT2D eigenvalue weighted by atomic mass is 35.5. The van der Waals surface area contributed by atoms with Crippen molar-refractivity contribution in [3.63, 3.8) is 0 Å². The second-order valence-corrected chi connectivity index (χ2v) is 4.84. The fraction of sp³-hybridized carbons (Fsp3) is 0. The molecule has 0 aliphatic rings. The van der Waals surface area contributed by atoms with Gasteiger partial charge in [-0.25, -0.2) is 4.98 Å². The van der Waals surface area contributed by atoms with Crippen molar-refractivity contribution in [1.29, 1.82) is 0 Å². The molecule has 2 heterocycles. The molecule has 0 aliphatic heterocycles. The molecule has 5 heteroatoms. The van der Waals surface area contributed by atoms with Crippen molar-refractivity contribution >= 4 is 23.1 Å². The molecule has 0 amide bonds. The first-order valence-electron chi connectivity index (χ1n) is 5.34. The smallest absolute Gasteiger partial charge is 0.173 e. The Morgan fingerprint density at radius 1 is 1.06 bits per heavy atom. The van der Waals surface area contributed by atoms with E-state index in [9.17, 15) is 0 Å². The van der Waals surface area contributed by atoms with Gasteiger partial charge in [0.15, 0.2) is 10.8 Å². The molecule has 0 spiro atoms. The molecule has 0 N–H and O–H groups in total. The minimum absolute atomic E-state index is 0.682. The summed E-state index contributed by atoms with van der Waals surface area (Å²) in [5.41, 5.74) is 1.75. The highest BCUT2D eigenvalue weighted by Crippen LogP contribution is 2.25. The van der Waals surface area contributed by atoms with Crippen LogP contribution in [0, 0.1) is 0 Å². The predicted octanol–water partition coefficient (Wildman–Crippen LogP) is 3.92. The monoisotopic (exact) mass is 273 g/mol. The summed E-state index contributed by atoms with van der Waals surface area (Å²) < 4.78 is 4.34. The Balaban J connectivity index is 2.00. The van der Waals surface area contributed by atoms with E-state index in [1.54, 1.807) is 6.20 Å². The Bertz CT molecular complexity index is 667. The summed E-state index contributed by atoms with van der Waals surface area (Å²) >= 11 is 7.29. The van der Waals surface area contributed by atoms with E-state index in [4.69, 9.17) is 11.6 Å². The largest absolute Gasteiger partial charge is 0.254 e. The van der Waals surface area contributed by atoms with Crippen LogP contribution in [0.1, 0.15) is 0 Å². The molecular weight excluding hydrogens is 266 g/mol. The van der Waals surface area contributed by atoms with Crippen molar-refractivity contribution in [2.45, 2.75) is 0 Å². The number of nitrogens with zero attached hydrogens (tertiary/aromatic N) is 3. The van der Waals surface area contributed by atoms with Gasteiger partial charge in [-0.15, -0.1) is 0 Å². The first-order valence-corrected chi connectivity index (χ1v) is 6.49. The lowest BCUT2D eigenvalue weighted by Crippen LogP contribution is -1.82. The van der Waals surface area contributed by atoms with Gasteiger partial charge in [0.25, 0.3) is 0 Å². The molecule has 0 unspecified atom stereocenters. The molecule has 0 saturated heterocycles.